The maximum Gasteiger partial charge on any atom is 0.207 e. The summed E-state index contributed by atoms with van der Waals surface area (Å²) in [6.45, 7) is 7.47. The van der Waals surface area contributed by atoms with E-state index in [2.05, 4.69) is 24.1 Å². The summed E-state index contributed by atoms with van der Waals surface area (Å²) in [5.41, 5.74) is 0.112. The summed E-state index contributed by atoms with van der Waals surface area (Å²) in [5, 5.41) is 2.76. The first-order valence-corrected chi connectivity index (χ1v) is 5.09. The molecule has 1 amide bonds. The van der Waals surface area contributed by atoms with Crippen LogP contribution in [0.5, 0.6) is 0 Å². The zero-order valence-corrected chi connectivity index (χ0v) is 8.68. The van der Waals surface area contributed by atoms with Crippen LogP contribution in [0.15, 0.2) is 0 Å². The van der Waals surface area contributed by atoms with Crippen molar-refractivity contribution in [2.45, 2.75) is 38.6 Å². The number of carbonyl (C=O) groups is 1. The molecule has 0 radical (unpaired) electrons. The summed E-state index contributed by atoms with van der Waals surface area (Å²) in [7, 11) is 0. The first-order valence-electron chi connectivity index (χ1n) is 5.09. The van der Waals surface area contributed by atoms with Gasteiger partial charge >= 0.3 is 0 Å². The summed E-state index contributed by atoms with van der Waals surface area (Å²) in [6, 6.07) is 0. The maximum atomic E-state index is 10.2. The zero-order valence-electron chi connectivity index (χ0n) is 8.68. The molecule has 3 nitrogen and oxygen atoms in total. The van der Waals surface area contributed by atoms with Gasteiger partial charge in [0.15, 0.2) is 0 Å². The summed E-state index contributed by atoms with van der Waals surface area (Å²) in [4.78, 5) is 12.7. The van der Waals surface area contributed by atoms with E-state index in [1.165, 1.54) is 32.4 Å². The second kappa shape index (κ2) is 4.61. The summed E-state index contributed by atoms with van der Waals surface area (Å²) >= 11 is 0. The molecule has 0 aromatic rings. The van der Waals surface area contributed by atoms with Crippen LogP contribution in [0.1, 0.15) is 33.1 Å². The van der Waals surface area contributed by atoms with E-state index in [4.69, 9.17) is 0 Å². The average Bonchev–Trinajstić information content (AvgIpc) is 2.16. The minimum atomic E-state index is 0.112. The molecule has 0 aromatic carbocycles. The van der Waals surface area contributed by atoms with Crippen molar-refractivity contribution in [3.63, 3.8) is 0 Å². The Morgan fingerprint density at radius 2 is 1.92 bits per heavy atom. The fourth-order valence-electron chi connectivity index (χ4n) is 1.90. The Hall–Kier alpha value is -0.570. The van der Waals surface area contributed by atoms with Crippen molar-refractivity contribution in [2.24, 2.45) is 0 Å². The number of hydrogen-bond donors (Lipinski definition) is 1. The van der Waals surface area contributed by atoms with E-state index in [0.29, 0.717) is 0 Å². The molecule has 0 atom stereocenters. The quantitative estimate of drug-likeness (QED) is 0.661. The molecular formula is C10H20N2O. The van der Waals surface area contributed by atoms with E-state index < -0.39 is 0 Å². The van der Waals surface area contributed by atoms with E-state index in [-0.39, 0.29) is 5.54 Å². The van der Waals surface area contributed by atoms with Gasteiger partial charge < -0.3 is 5.32 Å². The van der Waals surface area contributed by atoms with Gasteiger partial charge in [0.1, 0.15) is 0 Å². The molecule has 0 aromatic heterocycles. The topological polar surface area (TPSA) is 32.3 Å². The van der Waals surface area contributed by atoms with E-state index in [0.717, 1.165) is 13.0 Å². The van der Waals surface area contributed by atoms with Crippen molar-refractivity contribution >= 4 is 6.41 Å². The molecule has 0 spiro atoms. The molecule has 76 valence electrons. The fraction of sp³-hybridized carbons (Fsp3) is 0.900. The van der Waals surface area contributed by atoms with E-state index in [9.17, 15) is 4.79 Å². The monoisotopic (exact) mass is 184 g/mol. The second-order valence-electron chi connectivity index (χ2n) is 4.36. The number of nitrogens with zero attached hydrogens (tertiary/aromatic N) is 1. The lowest BCUT2D eigenvalue weighted by Gasteiger charge is -2.40. The molecule has 1 rings (SSSR count). The molecule has 13 heavy (non-hydrogen) atoms. The van der Waals surface area contributed by atoms with Gasteiger partial charge in [0, 0.05) is 12.1 Å². The van der Waals surface area contributed by atoms with Crippen molar-refractivity contribution < 1.29 is 4.79 Å². The van der Waals surface area contributed by atoms with Crippen LogP contribution in [0.2, 0.25) is 0 Å². The second-order valence-corrected chi connectivity index (χ2v) is 4.36. The van der Waals surface area contributed by atoms with Crippen molar-refractivity contribution in [1.29, 1.82) is 0 Å². The first kappa shape index (κ1) is 10.5. The van der Waals surface area contributed by atoms with Crippen LogP contribution in [-0.4, -0.2) is 36.5 Å². The molecule has 1 heterocycles. The molecule has 0 aliphatic carbocycles. The van der Waals surface area contributed by atoms with Crippen LogP contribution in [0.4, 0.5) is 0 Å². The highest BCUT2D eigenvalue weighted by atomic mass is 16.1. The average molecular weight is 184 g/mol. The minimum Gasteiger partial charge on any atom is -0.357 e. The molecular weight excluding hydrogens is 164 g/mol. The minimum absolute atomic E-state index is 0.112. The Labute approximate surface area is 80.5 Å². The van der Waals surface area contributed by atoms with Crippen molar-refractivity contribution in [2.75, 3.05) is 19.6 Å². The summed E-state index contributed by atoms with van der Waals surface area (Å²) in [5.74, 6) is 0. The molecule has 0 saturated carbocycles. The van der Waals surface area contributed by atoms with Crippen molar-refractivity contribution in [3.05, 3.63) is 0 Å². The van der Waals surface area contributed by atoms with Gasteiger partial charge in [-0.25, -0.2) is 0 Å². The number of piperidine rings is 1. The number of likely N-dealkylation sites (tertiary alicyclic amines) is 1. The molecule has 0 unspecified atom stereocenters. The zero-order chi connectivity index (χ0) is 9.73. The number of hydrogen-bond acceptors (Lipinski definition) is 2. The van der Waals surface area contributed by atoms with Gasteiger partial charge in [-0.15, -0.1) is 0 Å². The van der Waals surface area contributed by atoms with E-state index in [1.807, 2.05) is 0 Å². The largest absolute Gasteiger partial charge is 0.357 e. The number of amides is 1. The Bertz CT molecular complexity index is 162. The third kappa shape index (κ3) is 2.99. The van der Waals surface area contributed by atoms with Crippen LogP contribution in [0, 0.1) is 0 Å². The van der Waals surface area contributed by atoms with Gasteiger partial charge in [-0.3, -0.25) is 9.69 Å². The first-order chi connectivity index (χ1) is 6.17. The van der Waals surface area contributed by atoms with E-state index in [1.54, 1.807) is 0 Å². The van der Waals surface area contributed by atoms with Crippen LogP contribution >= 0.6 is 0 Å². The summed E-state index contributed by atoms with van der Waals surface area (Å²) in [6.07, 6.45) is 4.73. The molecule has 1 N–H and O–H groups in total. The van der Waals surface area contributed by atoms with Crippen LogP contribution in [0.25, 0.3) is 0 Å². The smallest absolute Gasteiger partial charge is 0.207 e. The van der Waals surface area contributed by atoms with E-state index >= 15 is 0 Å². The lowest BCUT2D eigenvalue weighted by atomic mass is 9.99. The molecule has 1 fully saturated rings. The molecule has 1 aliphatic heterocycles. The van der Waals surface area contributed by atoms with Gasteiger partial charge in [0.25, 0.3) is 0 Å². The van der Waals surface area contributed by atoms with Gasteiger partial charge in [-0.05, 0) is 39.8 Å². The highest BCUT2D eigenvalue weighted by Gasteiger charge is 2.27. The molecule has 1 aliphatic rings. The number of rotatable bonds is 4. The lowest BCUT2D eigenvalue weighted by Crippen LogP contribution is -2.52. The Morgan fingerprint density at radius 3 is 2.46 bits per heavy atom. The summed E-state index contributed by atoms with van der Waals surface area (Å²) < 4.78 is 0. The van der Waals surface area contributed by atoms with Crippen molar-refractivity contribution in [3.8, 4) is 0 Å². The van der Waals surface area contributed by atoms with Gasteiger partial charge in [0.05, 0.1) is 0 Å². The SMILES string of the molecule is CC(C)(CNC=O)N1CCCCC1. The Morgan fingerprint density at radius 1 is 1.31 bits per heavy atom. The predicted octanol–water partition coefficient (Wildman–Crippen LogP) is 0.997. The van der Waals surface area contributed by atoms with Crippen LogP contribution in [0.3, 0.4) is 0 Å². The van der Waals surface area contributed by atoms with Gasteiger partial charge in [-0.1, -0.05) is 6.42 Å². The van der Waals surface area contributed by atoms with Crippen molar-refractivity contribution in [1.82, 2.24) is 10.2 Å². The van der Waals surface area contributed by atoms with Gasteiger partial charge in [0.2, 0.25) is 6.41 Å². The van der Waals surface area contributed by atoms with Gasteiger partial charge in [-0.2, -0.15) is 0 Å². The third-order valence-electron chi connectivity index (χ3n) is 2.83. The Balaban J connectivity index is 2.40. The standard InChI is InChI=1S/C10H20N2O/c1-10(2,8-11-9-13)12-6-4-3-5-7-12/h9H,3-8H2,1-2H3,(H,11,13). The normalized spacial score (nSPS) is 19.8. The fourth-order valence-corrected chi connectivity index (χ4v) is 1.90. The number of nitrogens with one attached hydrogen (secondary N) is 1. The molecule has 0 bridgehead atoms. The Kier molecular flexibility index (Phi) is 3.72. The number of carbonyl (C=O) groups excluding carboxylic acids is 1. The molecule has 1 saturated heterocycles. The third-order valence-corrected chi connectivity index (χ3v) is 2.83. The lowest BCUT2D eigenvalue weighted by molar-refractivity contribution is -0.110. The highest BCUT2D eigenvalue weighted by Crippen LogP contribution is 2.19. The maximum absolute atomic E-state index is 10.2. The highest BCUT2D eigenvalue weighted by molar-refractivity contribution is 5.46. The van der Waals surface area contributed by atoms with Crippen LogP contribution < -0.4 is 5.32 Å². The van der Waals surface area contributed by atoms with Crippen LogP contribution in [-0.2, 0) is 4.79 Å². The molecule has 3 heteroatoms. The predicted molar refractivity (Wildman–Crippen MR) is 53.6 cm³/mol.